The molecule has 0 aliphatic rings. The standard InChI is InChI=1S/C19H22ClNOS/c1-2-3-5-15-8-10-18(11-9-15)21-19(22)14-23-13-16-6-4-7-17(20)12-16/h4,6-12H,2-3,5,13-14H2,1H3,(H,21,22). The van der Waals surface area contributed by atoms with E-state index in [9.17, 15) is 4.79 Å². The Morgan fingerprint density at radius 2 is 1.91 bits per heavy atom. The number of carbonyl (C=O) groups is 1. The number of carbonyl (C=O) groups excluding carboxylic acids is 1. The number of nitrogens with one attached hydrogen (secondary N) is 1. The Hall–Kier alpha value is -1.45. The molecule has 1 N–H and O–H groups in total. The molecule has 0 heterocycles. The molecule has 0 aliphatic carbocycles. The smallest absolute Gasteiger partial charge is 0.234 e. The summed E-state index contributed by atoms with van der Waals surface area (Å²) in [6, 6.07) is 15.9. The minimum Gasteiger partial charge on any atom is -0.325 e. The average molecular weight is 348 g/mol. The molecule has 0 saturated carbocycles. The lowest BCUT2D eigenvalue weighted by molar-refractivity contribution is -0.113. The first-order valence-electron chi connectivity index (χ1n) is 7.88. The van der Waals surface area contributed by atoms with E-state index in [2.05, 4.69) is 24.4 Å². The Labute approximate surface area is 147 Å². The predicted molar refractivity (Wildman–Crippen MR) is 101 cm³/mol. The maximum atomic E-state index is 12.0. The van der Waals surface area contributed by atoms with Gasteiger partial charge in [0.15, 0.2) is 0 Å². The van der Waals surface area contributed by atoms with Crippen LogP contribution in [0.15, 0.2) is 48.5 Å². The molecule has 2 nitrogen and oxygen atoms in total. The van der Waals surface area contributed by atoms with Crippen LogP contribution in [-0.4, -0.2) is 11.7 Å². The highest BCUT2D eigenvalue weighted by molar-refractivity contribution is 7.99. The molecule has 2 rings (SSSR count). The van der Waals surface area contributed by atoms with E-state index in [1.165, 1.54) is 18.4 Å². The quantitative estimate of drug-likeness (QED) is 0.677. The van der Waals surface area contributed by atoms with Gasteiger partial charge >= 0.3 is 0 Å². The maximum absolute atomic E-state index is 12.0. The van der Waals surface area contributed by atoms with Crippen LogP contribution in [0.2, 0.25) is 5.02 Å². The Balaban J connectivity index is 1.74. The van der Waals surface area contributed by atoms with Crippen molar-refractivity contribution in [2.45, 2.75) is 31.9 Å². The van der Waals surface area contributed by atoms with Gasteiger partial charge in [0.1, 0.15) is 0 Å². The summed E-state index contributed by atoms with van der Waals surface area (Å²) in [6.45, 7) is 2.19. The van der Waals surface area contributed by atoms with Gasteiger partial charge in [-0.25, -0.2) is 0 Å². The molecule has 2 aromatic carbocycles. The van der Waals surface area contributed by atoms with Crippen molar-refractivity contribution in [1.82, 2.24) is 0 Å². The second-order valence-electron chi connectivity index (χ2n) is 5.47. The molecule has 23 heavy (non-hydrogen) atoms. The monoisotopic (exact) mass is 347 g/mol. The van der Waals surface area contributed by atoms with Crippen molar-refractivity contribution >= 4 is 35.0 Å². The molecule has 0 aromatic heterocycles. The number of rotatable bonds is 8. The van der Waals surface area contributed by atoms with Gasteiger partial charge in [-0.05, 0) is 48.2 Å². The van der Waals surface area contributed by atoms with Gasteiger partial charge in [-0.2, -0.15) is 0 Å². The molecule has 0 atom stereocenters. The lowest BCUT2D eigenvalue weighted by atomic mass is 10.1. The van der Waals surface area contributed by atoms with Gasteiger partial charge in [0, 0.05) is 16.5 Å². The third-order valence-electron chi connectivity index (χ3n) is 3.45. The van der Waals surface area contributed by atoms with E-state index in [0.29, 0.717) is 5.75 Å². The number of hydrogen-bond donors (Lipinski definition) is 1. The zero-order valence-corrected chi connectivity index (χ0v) is 14.9. The number of aryl methyl sites for hydroxylation is 1. The summed E-state index contributed by atoms with van der Waals surface area (Å²) in [5.74, 6) is 1.24. The number of halogens is 1. The average Bonchev–Trinajstić information content (AvgIpc) is 2.54. The summed E-state index contributed by atoms with van der Waals surface area (Å²) in [6.07, 6.45) is 3.49. The van der Waals surface area contributed by atoms with Crippen molar-refractivity contribution < 1.29 is 4.79 Å². The number of hydrogen-bond acceptors (Lipinski definition) is 2. The van der Waals surface area contributed by atoms with Crippen LogP contribution in [0.5, 0.6) is 0 Å². The van der Waals surface area contributed by atoms with Gasteiger partial charge < -0.3 is 5.32 Å². The third-order valence-corrected chi connectivity index (χ3v) is 4.69. The largest absolute Gasteiger partial charge is 0.325 e. The Morgan fingerprint density at radius 3 is 2.61 bits per heavy atom. The third kappa shape index (κ3) is 6.67. The summed E-state index contributed by atoms with van der Waals surface area (Å²) in [7, 11) is 0. The molecule has 2 aromatic rings. The van der Waals surface area contributed by atoms with Gasteiger partial charge in [0.25, 0.3) is 0 Å². The lowest BCUT2D eigenvalue weighted by Gasteiger charge is -2.07. The number of benzene rings is 2. The molecule has 1 amide bonds. The van der Waals surface area contributed by atoms with E-state index in [-0.39, 0.29) is 5.91 Å². The molecule has 0 unspecified atom stereocenters. The van der Waals surface area contributed by atoms with E-state index in [0.717, 1.165) is 28.4 Å². The SMILES string of the molecule is CCCCc1ccc(NC(=O)CSCc2cccc(Cl)c2)cc1. The molecule has 0 bridgehead atoms. The van der Waals surface area contributed by atoms with Crippen molar-refractivity contribution in [3.05, 3.63) is 64.7 Å². The van der Waals surface area contributed by atoms with Crippen molar-refractivity contribution in [1.29, 1.82) is 0 Å². The van der Waals surface area contributed by atoms with Crippen molar-refractivity contribution in [2.75, 3.05) is 11.1 Å². The highest BCUT2D eigenvalue weighted by atomic mass is 35.5. The Kier molecular flexibility index (Phi) is 7.50. The minimum absolute atomic E-state index is 0.0262. The van der Waals surface area contributed by atoms with Crippen LogP contribution in [-0.2, 0) is 17.0 Å². The van der Waals surface area contributed by atoms with E-state index in [1.807, 2.05) is 36.4 Å². The normalized spacial score (nSPS) is 10.5. The van der Waals surface area contributed by atoms with Gasteiger partial charge in [-0.3, -0.25) is 4.79 Å². The van der Waals surface area contributed by atoms with Crippen molar-refractivity contribution in [3.63, 3.8) is 0 Å². The zero-order valence-electron chi connectivity index (χ0n) is 13.3. The molecule has 0 radical (unpaired) electrons. The second-order valence-corrected chi connectivity index (χ2v) is 6.89. The van der Waals surface area contributed by atoms with Crippen LogP contribution >= 0.6 is 23.4 Å². The van der Waals surface area contributed by atoms with E-state index >= 15 is 0 Å². The number of amides is 1. The summed E-state index contributed by atoms with van der Waals surface area (Å²) in [4.78, 5) is 12.0. The van der Waals surface area contributed by atoms with Crippen molar-refractivity contribution in [2.24, 2.45) is 0 Å². The maximum Gasteiger partial charge on any atom is 0.234 e. The molecule has 0 aliphatic heterocycles. The van der Waals surface area contributed by atoms with Crippen LogP contribution in [0.1, 0.15) is 30.9 Å². The van der Waals surface area contributed by atoms with E-state index in [1.54, 1.807) is 11.8 Å². The van der Waals surface area contributed by atoms with Gasteiger partial charge in [0.2, 0.25) is 5.91 Å². The van der Waals surface area contributed by atoms with E-state index < -0.39 is 0 Å². The fourth-order valence-electron chi connectivity index (χ4n) is 2.22. The first-order chi connectivity index (χ1) is 11.2. The molecule has 0 saturated heterocycles. The molecule has 0 fully saturated rings. The van der Waals surface area contributed by atoms with Crippen LogP contribution in [0.3, 0.4) is 0 Å². The van der Waals surface area contributed by atoms with Crippen LogP contribution in [0.25, 0.3) is 0 Å². The molecule has 4 heteroatoms. The number of anilines is 1. The fraction of sp³-hybridized carbons (Fsp3) is 0.316. The molecule has 122 valence electrons. The Bertz CT molecular complexity index is 628. The summed E-state index contributed by atoms with van der Waals surface area (Å²) in [5.41, 5.74) is 3.31. The Morgan fingerprint density at radius 1 is 1.13 bits per heavy atom. The first-order valence-corrected chi connectivity index (χ1v) is 9.41. The topological polar surface area (TPSA) is 29.1 Å². The van der Waals surface area contributed by atoms with Crippen LogP contribution < -0.4 is 5.32 Å². The van der Waals surface area contributed by atoms with Crippen molar-refractivity contribution in [3.8, 4) is 0 Å². The fourth-order valence-corrected chi connectivity index (χ4v) is 3.21. The van der Waals surface area contributed by atoms with E-state index in [4.69, 9.17) is 11.6 Å². The lowest BCUT2D eigenvalue weighted by Crippen LogP contribution is -2.14. The van der Waals surface area contributed by atoms with Gasteiger partial charge in [-0.15, -0.1) is 11.8 Å². The van der Waals surface area contributed by atoms with Gasteiger partial charge in [0.05, 0.1) is 5.75 Å². The first kappa shape index (κ1) is 17.9. The minimum atomic E-state index is 0.0262. The molecular weight excluding hydrogens is 326 g/mol. The second kappa shape index (κ2) is 9.64. The number of thioether (sulfide) groups is 1. The summed E-state index contributed by atoms with van der Waals surface area (Å²) in [5, 5.41) is 3.67. The highest BCUT2D eigenvalue weighted by Crippen LogP contribution is 2.17. The number of unbranched alkanes of at least 4 members (excludes halogenated alkanes) is 1. The molecule has 0 spiro atoms. The molecular formula is C19H22ClNOS. The predicted octanol–water partition coefficient (Wildman–Crippen LogP) is 5.55. The highest BCUT2D eigenvalue weighted by Gasteiger charge is 2.04. The van der Waals surface area contributed by atoms with Crippen LogP contribution in [0.4, 0.5) is 5.69 Å². The van der Waals surface area contributed by atoms with Gasteiger partial charge in [-0.1, -0.05) is 49.2 Å². The summed E-state index contributed by atoms with van der Waals surface area (Å²) < 4.78 is 0. The van der Waals surface area contributed by atoms with Crippen LogP contribution in [0, 0.1) is 0 Å². The zero-order chi connectivity index (χ0) is 16.5. The summed E-state index contributed by atoms with van der Waals surface area (Å²) >= 11 is 7.54.